The summed E-state index contributed by atoms with van der Waals surface area (Å²) in [6.07, 6.45) is -5.13. The Kier molecular flexibility index (Phi) is 6.11. The zero-order valence-electron chi connectivity index (χ0n) is 8.64. The van der Waals surface area contributed by atoms with E-state index < -0.39 is 12.3 Å². The topological polar surface area (TPSA) is 23.5 Å². The highest BCUT2D eigenvalue weighted by Crippen LogP contribution is 2.20. The van der Waals surface area contributed by atoms with Crippen LogP contribution in [0.5, 0.6) is 0 Å². The molecule has 86 valence electrons. The summed E-state index contributed by atoms with van der Waals surface area (Å²) in [7, 11) is 0. The van der Waals surface area contributed by atoms with Gasteiger partial charge in [-0.2, -0.15) is 13.2 Å². The molecule has 0 spiro atoms. The van der Waals surface area contributed by atoms with Crippen molar-refractivity contribution in [2.75, 3.05) is 19.6 Å². The van der Waals surface area contributed by atoms with Gasteiger partial charge >= 0.3 is 6.18 Å². The van der Waals surface area contributed by atoms with Crippen molar-refractivity contribution in [2.45, 2.75) is 39.0 Å². The summed E-state index contributed by atoms with van der Waals surface area (Å²) < 4.78 is 36.0. The van der Waals surface area contributed by atoms with Crippen LogP contribution < -0.4 is 0 Å². The number of hydrogen-bond donors (Lipinski definition) is 1. The molecule has 0 aliphatic carbocycles. The smallest absolute Gasteiger partial charge is 0.382 e. The number of rotatable bonds is 6. The van der Waals surface area contributed by atoms with Crippen LogP contribution in [-0.4, -0.2) is 41.9 Å². The first kappa shape index (κ1) is 13.7. The summed E-state index contributed by atoms with van der Waals surface area (Å²) in [6, 6.07) is 0. The van der Waals surface area contributed by atoms with Crippen LogP contribution in [-0.2, 0) is 0 Å². The van der Waals surface area contributed by atoms with Gasteiger partial charge in [0.2, 0.25) is 0 Å². The third-order valence-corrected chi connectivity index (χ3v) is 1.89. The van der Waals surface area contributed by atoms with E-state index in [4.69, 9.17) is 5.11 Å². The molecule has 1 atom stereocenters. The van der Waals surface area contributed by atoms with Crippen molar-refractivity contribution in [3.05, 3.63) is 0 Å². The van der Waals surface area contributed by atoms with Crippen molar-refractivity contribution >= 4 is 0 Å². The maximum atomic E-state index is 12.0. The molecule has 5 heteroatoms. The van der Waals surface area contributed by atoms with Crippen molar-refractivity contribution in [2.24, 2.45) is 0 Å². The van der Waals surface area contributed by atoms with Crippen LogP contribution in [0.1, 0.15) is 26.7 Å². The number of alkyl halides is 3. The second-order valence-corrected chi connectivity index (χ2v) is 3.36. The van der Waals surface area contributed by atoms with Crippen LogP contribution >= 0.6 is 0 Å². The van der Waals surface area contributed by atoms with Gasteiger partial charge in [-0.25, -0.2) is 0 Å². The predicted molar refractivity (Wildman–Crippen MR) is 49.1 cm³/mol. The lowest BCUT2D eigenvalue weighted by molar-refractivity contribution is -0.208. The van der Waals surface area contributed by atoms with Gasteiger partial charge in [-0.3, -0.25) is 0 Å². The second kappa shape index (κ2) is 6.24. The van der Waals surface area contributed by atoms with Crippen LogP contribution in [0.25, 0.3) is 0 Å². The Bertz CT molecular complexity index is 143. The Balaban J connectivity index is 4.01. The lowest BCUT2D eigenvalue weighted by atomic mass is 10.3. The summed E-state index contributed by atoms with van der Waals surface area (Å²) in [5.74, 6) is 0. The van der Waals surface area contributed by atoms with E-state index in [9.17, 15) is 13.2 Å². The normalized spacial score (nSPS) is 14.8. The molecular formula is C9H18F3NO. The van der Waals surface area contributed by atoms with E-state index in [2.05, 4.69) is 0 Å². The zero-order valence-corrected chi connectivity index (χ0v) is 8.64. The molecule has 1 N–H and O–H groups in total. The Hall–Kier alpha value is -0.290. The fourth-order valence-corrected chi connectivity index (χ4v) is 1.27. The van der Waals surface area contributed by atoms with Gasteiger partial charge in [0.05, 0.1) is 0 Å². The second-order valence-electron chi connectivity index (χ2n) is 3.36. The number of aliphatic hydroxyl groups excluding tert-OH is 1. The Morgan fingerprint density at radius 1 is 1.14 bits per heavy atom. The minimum atomic E-state index is -4.50. The molecule has 0 aliphatic heterocycles. The summed E-state index contributed by atoms with van der Waals surface area (Å²) in [6.45, 7) is 4.69. The number of aliphatic hydroxyl groups is 1. The van der Waals surface area contributed by atoms with Crippen LogP contribution in [0.4, 0.5) is 13.2 Å². The maximum Gasteiger partial charge on any atom is 0.415 e. The Morgan fingerprint density at radius 3 is 1.86 bits per heavy atom. The van der Waals surface area contributed by atoms with Gasteiger partial charge in [-0.15, -0.1) is 0 Å². The van der Waals surface area contributed by atoms with Crippen molar-refractivity contribution in [1.82, 2.24) is 4.90 Å². The van der Waals surface area contributed by atoms with Gasteiger partial charge in [0, 0.05) is 6.54 Å². The van der Waals surface area contributed by atoms with E-state index in [1.165, 1.54) is 0 Å². The first-order valence-electron chi connectivity index (χ1n) is 4.88. The molecule has 0 amide bonds. The maximum absolute atomic E-state index is 12.0. The highest BCUT2D eigenvalue weighted by Gasteiger charge is 2.38. The number of nitrogens with zero attached hydrogens (tertiary/aromatic N) is 1. The van der Waals surface area contributed by atoms with Crippen molar-refractivity contribution in [3.63, 3.8) is 0 Å². The molecule has 0 rings (SSSR count). The first-order valence-corrected chi connectivity index (χ1v) is 4.88. The lowest BCUT2D eigenvalue weighted by Crippen LogP contribution is -2.41. The molecule has 0 heterocycles. The van der Waals surface area contributed by atoms with Gasteiger partial charge < -0.3 is 10.0 Å². The molecule has 0 aliphatic rings. The van der Waals surface area contributed by atoms with Gasteiger partial charge in [-0.05, 0) is 25.9 Å². The molecule has 14 heavy (non-hydrogen) atoms. The molecule has 0 fully saturated rings. The predicted octanol–water partition coefficient (Wildman–Crippen LogP) is 2.03. The van der Waals surface area contributed by atoms with E-state index in [1.54, 1.807) is 4.90 Å². The molecule has 0 radical (unpaired) electrons. The molecule has 1 unspecified atom stereocenters. The number of hydrogen-bond acceptors (Lipinski definition) is 2. The molecule has 0 saturated carbocycles. The number of halogens is 3. The molecular weight excluding hydrogens is 195 g/mol. The summed E-state index contributed by atoms with van der Waals surface area (Å²) >= 11 is 0. The average molecular weight is 213 g/mol. The summed E-state index contributed by atoms with van der Waals surface area (Å²) in [4.78, 5) is 1.64. The highest BCUT2D eigenvalue weighted by molar-refractivity contribution is 4.70. The standard InChI is InChI=1S/C9H18F3NO/c1-3-5-13(6-4-2)7-8(14)9(10,11)12/h8,14H,3-7H2,1-2H3. The lowest BCUT2D eigenvalue weighted by Gasteiger charge is -2.25. The van der Waals surface area contributed by atoms with Crippen molar-refractivity contribution in [1.29, 1.82) is 0 Å². The monoisotopic (exact) mass is 213 g/mol. The molecule has 0 saturated heterocycles. The van der Waals surface area contributed by atoms with Gasteiger partial charge in [0.1, 0.15) is 0 Å². The van der Waals surface area contributed by atoms with E-state index in [0.29, 0.717) is 13.1 Å². The van der Waals surface area contributed by atoms with Crippen LogP contribution in [0.15, 0.2) is 0 Å². The van der Waals surface area contributed by atoms with Gasteiger partial charge in [0.15, 0.2) is 6.10 Å². The van der Waals surface area contributed by atoms with Gasteiger partial charge in [-0.1, -0.05) is 13.8 Å². The summed E-state index contributed by atoms with van der Waals surface area (Å²) in [5, 5.41) is 8.84. The summed E-state index contributed by atoms with van der Waals surface area (Å²) in [5.41, 5.74) is 0. The Labute approximate surface area is 82.7 Å². The molecule has 0 aromatic carbocycles. The van der Waals surface area contributed by atoms with Crippen LogP contribution in [0, 0.1) is 0 Å². The highest BCUT2D eigenvalue weighted by atomic mass is 19.4. The van der Waals surface area contributed by atoms with Crippen LogP contribution in [0.2, 0.25) is 0 Å². The fraction of sp³-hybridized carbons (Fsp3) is 1.00. The average Bonchev–Trinajstić information content (AvgIpc) is 2.03. The molecule has 0 aromatic heterocycles. The minimum absolute atomic E-state index is 0.314. The minimum Gasteiger partial charge on any atom is -0.382 e. The zero-order chi connectivity index (χ0) is 11.2. The largest absolute Gasteiger partial charge is 0.415 e. The van der Waals surface area contributed by atoms with E-state index in [-0.39, 0.29) is 6.54 Å². The molecule has 0 aromatic rings. The quantitative estimate of drug-likeness (QED) is 0.729. The Morgan fingerprint density at radius 2 is 1.57 bits per heavy atom. The first-order chi connectivity index (χ1) is 6.41. The SMILES string of the molecule is CCCN(CCC)CC(O)C(F)(F)F. The third kappa shape index (κ3) is 5.44. The van der Waals surface area contributed by atoms with Gasteiger partial charge in [0.25, 0.3) is 0 Å². The fourth-order valence-electron chi connectivity index (χ4n) is 1.27. The van der Waals surface area contributed by atoms with Crippen LogP contribution in [0.3, 0.4) is 0 Å². The van der Waals surface area contributed by atoms with E-state index in [1.807, 2.05) is 13.8 Å². The van der Waals surface area contributed by atoms with E-state index in [0.717, 1.165) is 12.8 Å². The third-order valence-electron chi connectivity index (χ3n) is 1.89. The molecule has 0 bridgehead atoms. The van der Waals surface area contributed by atoms with E-state index >= 15 is 0 Å². The van der Waals surface area contributed by atoms with Crippen molar-refractivity contribution in [3.8, 4) is 0 Å². The molecule has 2 nitrogen and oxygen atoms in total. The van der Waals surface area contributed by atoms with Crippen molar-refractivity contribution < 1.29 is 18.3 Å².